The predicted molar refractivity (Wildman–Crippen MR) is 153 cm³/mol. The molecule has 2 heterocycles. The molecule has 0 spiro atoms. The summed E-state index contributed by atoms with van der Waals surface area (Å²) in [5, 5.41) is 6.48. The maximum atomic E-state index is 14.1. The summed E-state index contributed by atoms with van der Waals surface area (Å²) in [6.45, 7) is 2.98. The number of carbonyl (C=O) groups is 3. The van der Waals surface area contributed by atoms with Gasteiger partial charge in [0.15, 0.2) is 0 Å². The summed E-state index contributed by atoms with van der Waals surface area (Å²) in [7, 11) is 0. The van der Waals surface area contributed by atoms with Crippen LogP contribution in [0.5, 0.6) is 5.75 Å². The van der Waals surface area contributed by atoms with Crippen LogP contribution < -0.4 is 15.4 Å². The summed E-state index contributed by atoms with van der Waals surface area (Å²) >= 11 is 6.09. The molecular weight excluding hydrogens is 528 g/mol. The Kier molecular flexibility index (Phi) is 8.36. The van der Waals surface area contributed by atoms with E-state index in [1.54, 1.807) is 34.1 Å². The van der Waals surface area contributed by atoms with Crippen molar-refractivity contribution in [1.29, 1.82) is 0 Å². The van der Waals surface area contributed by atoms with Gasteiger partial charge in [0.25, 0.3) is 5.91 Å². The highest BCUT2D eigenvalue weighted by Crippen LogP contribution is 2.37. The average Bonchev–Trinajstić information content (AvgIpc) is 3.31. The molecule has 3 aromatic carbocycles. The van der Waals surface area contributed by atoms with E-state index in [1.807, 2.05) is 67.6 Å². The fourth-order valence-electron chi connectivity index (χ4n) is 5.16. The number of para-hydroxylation sites is 1. The zero-order chi connectivity index (χ0) is 28.1. The van der Waals surface area contributed by atoms with Gasteiger partial charge < -0.3 is 20.3 Å². The van der Waals surface area contributed by atoms with Crippen LogP contribution in [-0.2, 0) is 16.0 Å². The molecule has 40 heavy (non-hydrogen) atoms. The van der Waals surface area contributed by atoms with E-state index in [1.165, 1.54) is 0 Å². The maximum Gasteiger partial charge on any atom is 0.322 e. The van der Waals surface area contributed by atoms with E-state index in [-0.39, 0.29) is 37.5 Å². The first kappa shape index (κ1) is 27.3. The molecule has 0 saturated heterocycles. The number of nitrogens with one attached hydrogen (secondary N) is 2. The Bertz CT molecular complexity index is 1400. The largest absolute Gasteiger partial charge is 0.492 e. The molecule has 2 aliphatic heterocycles. The molecule has 3 aromatic rings. The fraction of sp³-hybridized carbons (Fsp3) is 0.258. The van der Waals surface area contributed by atoms with Crippen molar-refractivity contribution in [3.8, 4) is 5.75 Å². The highest BCUT2D eigenvalue weighted by molar-refractivity contribution is 6.30. The molecule has 5 rings (SSSR count). The first-order valence-electron chi connectivity index (χ1n) is 13.3. The average molecular weight is 559 g/mol. The Labute approximate surface area is 238 Å². The van der Waals surface area contributed by atoms with Crippen molar-refractivity contribution < 1.29 is 19.1 Å². The Morgan fingerprint density at radius 2 is 1.70 bits per heavy atom. The highest BCUT2D eigenvalue weighted by atomic mass is 35.5. The molecule has 0 bridgehead atoms. The fourth-order valence-corrected chi connectivity index (χ4v) is 5.29. The monoisotopic (exact) mass is 558 g/mol. The molecule has 0 aromatic heterocycles. The van der Waals surface area contributed by atoms with Gasteiger partial charge in [-0.1, -0.05) is 72.3 Å². The van der Waals surface area contributed by atoms with Crippen LogP contribution in [0, 0.1) is 0 Å². The number of urea groups is 1. The van der Waals surface area contributed by atoms with Gasteiger partial charge in [-0.15, -0.1) is 0 Å². The van der Waals surface area contributed by atoms with Crippen LogP contribution in [0.1, 0.15) is 24.1 Å². The van der Waals surface area contributed by atoms with Crippen molar-refractivity contribution in [3.05, 3.63) is 112 Å². The van der Waals surface area contributed by atoms with Crippen molar-refractivity contribution in [2.45, 2.75) is 25.4 Å². The SMILES string of the molecule is CCN1C(=O)N[C@@H](c2ccc(Cl)cc2)C2=C1CN([C@H](Cc1ccccc1)C(=O)NCCOc1ccccc1)C2=O. The standard InChI is InChI=1S/C31H31ClN4O4/c1-2-35-26-20-36(30(38)27(26)28(34-31(35)39)22-13-15-23(32)16-14-22)25(19-21-9-5-3-6-10-21)29(37)33-17-18-40-24-11-7-4-8-12-24/h3-16,25,28H,2,17-20H2,1H3,(H,33,37)(H,34,39)/t25-,28+/m1/s1. The number of hydrogen-bond donors (Lipinski definition) is 2. The number of ether oxygens (including phenoxy) is 1. The normalized spacial score (nSPS) is 17.4. The van der Waals surface area contributed by atoms with Crippen LogP contribution in [0.15, 0.2) is 96.2 Å². The summed E-state index contributed by atoms with van der Waals surface area (Å²) < 4.78 is 5.72. The second-order valence-electron chi connectivity index (χ2n) is 9.63. The quantitative estimate of drug-likeness (QED) is 0.362. The van der Waals surface area contributed by atoms with Gasteiger partial charge in [-0.2, -0.15) is 0 Å². The predicted octanol–water partition coefficient (Wildman–Crippen LogP) is 4.33. The number of rotatable bonds is 10. The van der Waals surface area contributed by atoms with E-state index < -0.39 is 12.1 Å². The smallest absolute Gasteiger partial charge is 0.322 e. The number of nitrogens with zero attached hydrogens (tertiary/aromatic N) is 2. The summed E-state index contributed by atoms with van der Waals surface area (Å²) in [4.78, 5) is 43.9. The zero-order valence-electron chi connectivity index (χ0n) is 22.2. The highest BCUT2D eigenvalue weighted by Gasteiger charge is 2.46. The molecule has 8 nitrogen and oxygen atoms in total. The van der Waals surface area contributed by atoms with E-state index in [2.05, 4.69) is 10.6 Å². The maximum absolute atomic E-state index is 14.1. The first-order valence-corrected chi connectivity index (χ1v) is 13.7. The van der Waals surface area contributed by atoms with E-state index in [0.29, 0.717) is 35.0 Å². The van der Waals surface area contributed by atoms with Gasteiger partial charge in [0.1, 0.15) is 18.4 Å². The summed E-state index contributed by atoms with van der Waals surface area (Å²) in [5.74, 6) is 0.165. The van der Waals surface area contributed by atoms with E-state index in [4.69, 9.17) is 16.3 Å². The van der Waals surface area contributed by atoms with E-state index >= 15 is 0 Å². The molecule has 0 aliphatic carbocycles. The van der Waals surface area contributed by atoms with Crippen LogP contribution in [-0.4, -0.2) is 59.9 Å². The van der Waals surface area contributed by atoms with E-state index in [0.717, 1.165) is 11.1 Å². The molecule has 2 N–H and O–H groups in total. The molecule has 206 valence electrons. The number of hydrogen-bond acceptors (Lipinski definition) is 4. The van der Waals surface area contributed by atoms with Crippen LogP contribution in [0.25, 0.3) is 0 Å². The number of carbonyl (C=O) groups excluding carboxylic acids is 3. The zero-order valence-corrected chi connectivity index (χ0v) is 22.9. The Balaban J connectivity index is 1.39. The lowest BCUT2D eigenvalue weighted by molar-refractivity contribution is -0.136. The molecule has 0 radical (unpaired) electrons. The summed E-state index contributed by atoms with van der Waals surface area (Å²) in [5.41, 5.74) is 2.77. The van der Waals surface area contributed by atoms with Crippen LogP contribution in [0.4, 0.5) is 4.79 Å². The molecule has 0 fully saturated rings. The third-order valence-corrected chi connectivity index (χ3v) is 7.39. The van der Waals surface area contributed by atoms with Crippen molar-refractivity contribution in [2.75, 3.05) is 26.2 Å². The Morgan fingerprint density at radius 3 is 2.38 bits per heavy atom. The molecule has 2 aliphatic rings. The Hall–Kier alpha value is -4.30. The van der Waals surface area contributed by atoms with Crippen molar-refractivity contribution in [2.24, 2.45) is 0 Å². The lowest BCUT2D eigenvalue weighted by Gasteiger charge is -2.32. The third kappa shape index (κ3) is 5.82. The van der Waals surface area contributed by atoms with Gasteiger partial charge >= 0.3 is 6.03 Å². The molecule has 0 unspecified atom stereocenters. The van der Waals surface area contributed by atoms with Gasteiger partial charge in [-0.3, -0.25) is 14.5 Å². The van der Waals surface area contributed by atoms with Crippen LogP contribution >= 0.6 is 11.6 Å². The second kappa shape index (κ2) is 12.3. The molecule has 4 amide bonds. The topological polar surface area (TPSA) is 91.0 Å². The van der Waals surface area contributed by atoms with Crippen LogP contribution in [0.2, 0.25) is 5.02 Å². The van der Waals surface area contributed by atoms with Gasteiger partial charge in [-0.25, -0.2) is 4.79 Å². The van der Waals surface area contributed by atoms with Gasteiger partial charge in [0, 0.05) is 18.0 Å². The van der Waals surface area contributed by atoms with Crippen LogP contribution in [0.3, 0.4) is 0 Å². The van der Waals surface area contributed by atoms with Crippen molar-refractivity contribution in [3.63, 3.8) is 0 Å². The molecule has 9 heteroatoms. The lowest BCUT2D eigenvalue weighted by Crippen LogP contribution is -2.50. The minimum Gasteiger partial charge on any atom is -0.492 e. The van der Waals surface area contributed by atoms with Crippen molar-refractivity contribution in [1.82, 2.24) is 20.4 Å². The number of likely N-dealkylation sites (N-methyl/N-ethyl adjacent to an activating group) is 1. The number of amides is 4. The second-order valence-corrected chi connectivity index (χ2v) is 10.1. The summed E-state index contributed by atoms with van der Waals surface area (Å²) in [6, 6.07) is 24.3. The number of halogens is 1. The molecule has 2 atom stereocenters. The molecular formula is C31H31ClN4O4. The number of benzene rings is 3. The molecule has 0 saturated carbocycles. The minimum absolute atomic E-state index is 0.158. The van der Waals surface area contributed by atoms with Crippen molar-refractivity contribution >= 4 is 29.4 Å². The third-order valence-electron chi connectivity index (χ3n) is 7.13. The van der Waals surface area contributed by atoms with Gasteiger partial charge in [-0.05, 0) is 42.3 Å². The first-order chi connectivity index (χ1) is 19.5. The minimum atomic E-state index is -0.781. The lowest BCUT2D eigenvalue weighted by atomic mass is 9.95. The van der Waals surface area contributed by atoms with E-state index in [9.17, 15) is 14.4 Å². The Morgan fingerprint density at radius 1 is 1.02 bits per heavy atom. The van der Waals surface area contributed by atoms with Gasteiger partial charge in [0.2, 0.25) is 5.91 Å². The summed E-state index contributed by atoms with van der Waals surface area (Å²) in [6.07, 6.45) is 0.331. The van der Waals surface area contributed by atoms with Gasteiger partial charge in [0.05, 0.1) is 30.4 Å².